The first-order chi connectivity index (χ1) is 17.8. The topological polar surface area (TPSA) is 97.6 Å². The first-order valence-corrected chi connectivity index (χ1v) is 14.3. The van der Waals surface area contributed by atoms with E-state index < -0.39 is 22.0 Å². The molecule has 37 heavy (non-hydrogen) atoms. The van der Waals surface area contributed by atoms with Crippen molar-refractivity contribution in [2.24, 2.45) is 5.92 Å². The predicted molar refractivity (Wildman–Crippen MR) is 144 cm³/mol. The van der Waals surface area contributed by atoms with E-state index in [1.165, 1.54) is 56.4 Å². The van der Waals surface area contributed by atoms with Crippen LogP contribution >= 0.6 is 11.6 Å². The van der Waals surface area contributed by atoms with E-state index >= 15 is 0 Å². The number of hydrogen-bond acceptors (Lipinski definition) is 4. The minimum absolute atomic E-state index is 0.0139. The molecule has 4 rings (SSSR count). The van der Waals surface area contributed by atoms with Gasteiger partial charge in [0, 0.05) is 35.1 Å². The lowest BCUT2D eigenvalue weighted by Gasteiger charge is -2.22. The van der Waals surface area contributed by atoms with Gasteiger partial charge in [-0.2, -0.15) is 4.72 Å². The molecule has 1 saturated carbocycles. The fraction of sp³-hybridized carbons (Fsp3) is 0.393. The lowest BCUT2D eigenvalue weighted by molar-refractivity contribution is -0.138. The molecular formula is C28H31ClN2O5S. The number of benzene rings is 2. The molecule has 1 heterocycles. The summed E-state index contributed by atoms with van der Waals surface area (Å²) in [5, 5.41) is 11.3. The number of carbonyl (C=O) groups is 1. The van der Waals surface area contributed by atoms with E-state index in [1.807, 2.05) is 24.4 Å². The summed E-state index contributed by atoms with van der Waals surface area (Å²) >= 11 is 6.28. The predicted octanol–water partition coefficient (Wildman–Crippen LogP) is 5.25. The zero-order chi connectivity index (χ0) is 26.4. The molecule has 0 aliphatic heterocycles. The zero-order valence-corrected chi connectivity index (χ0v) is 22.3. The third kappa shape index (κ3) is 6.86. The van der Waals surface area contributed by atoms with Gasteiger partial charge in [-0.15, -0.1) is 5.92 Å². The molecular weight excluding hydrogens is 512 g/mol. The van der Waals surface area contributed by atoms with Crippen LogP contribution in [0.15, 0.2) is 53.6 Å². The second kappa shape index (κ2) is 12.0. The number of nitrogens with one attached hydrogen (secondary N) is 1. The van der Waals surface area contributed by atoms with E-state index in [1.54, 1.807) is 6.92 Å². The highest BCUT2D eigenvalue weighted by atomic mass is 35.5. The lowest BCUT2D eigenvalue weighted by Crippen LogP contribution is -2.42. The Morgan fingerprint density at radius 2 is 1.92 bits per heavy atom. The van der Waals surface area contributed by atoms with Crippen LogP contribution in [0.4, 0.5) is 0 Å². The molecule has 0 spiro atoms. The van der Waals surface area contributed by atoms with Crippen LogP contribution in [0.2, 0.25) is 5.02 Å². The van der Waals surface area contributed by atoms with Crippen molar-refractivity contribution in [3.8, 4) is 17.6 Å². The summed E-state index contributed by atoms with van der Waals surface area (Å²) < 4.78 is 36.0. The first kappa shape index (κ1) is 27.1. The van der Waals surface area contributed by atoms with Crippen LogP contribution in [0.1, 0.15) is 44.6 Å². The summed E-state index contributed by atoms with van der Waals surface area (Å²) in [7, 11) is -4.09. The summed E-state index contributed by atoms with van der Waals surface area (Å²) in [5.41, 5.74) is 1.71. The highest BCUT2D eigenvalue weighted by Gasteiger charge is 2.27. The minimum Gasteiger partial charge on any atom is -0.481 e. The third-order valence-electron chi connectivity index (χ3n) is 6.75. The number of carboxylic acid groups (broad SMARTS) is 1. The number of carboxylic acids is 1. The summed E-state index contributed by atoms with van der Waals surface area (Å²) in [6.45, 7) is 2.74. The minimum atomic E-state index is -4.09. The molecule has 0 bridgehead atoms. The first-order valence-electron chi connectivity index (χ1n) is 12.4. The Kier molecular flexibility index (Phi) is 8.80. The van der Waals surface area contributed by atoms with Crippen LogP contribution in [0.3, 0.4) is 0 Å². The highest BCUT2D eigenvalue weighted by molar-refractivity contribution is 7.89. The molecule has 1 unspecified atom stereocenters. The van der Waals surface area contributed by atoms with Gasteiger partial charge in [0.15, 0.2) is 0 Å². The highest BCUT2D eigenvalue weighted by Crippen LogP contribution is 2.30. The van der Waals surface area contributed by atoms with Gasteiger partial charge < -0.3 is 14.4 Å². The zero-order valence-electron chi connectivity index (χ0n) is 20.7. The maximum Gasteiger partial charge on any atom is 0.322 e. The molecule has 3 aromatic rings. The molecule has 1 aliphatic rings. The van der Waals surface area contributed by atoms with Gasteiger partial charge >= 0.3 is 5.97 Å². The Balaban J connectivity index is 1.55. The molecule has 196 valence electrons. The average molecular weight is 543 g/mol. The molecule has 0 amide bonds. The van der Waals surface area contributed by atoms with Crippen LogP contribution in [0.25, 0.3) is 10.9 Å². The van der Waals surface area contributed by atoms with Crippen molar-refractivity contribution in [2.45, 2.75) is 62.9 Å². The number of ether oxygens (including phenoxy) is 1. The van der Waals surface area contributed by atoms with Gasteiger partial charge in [0.05, 0.1) is 4.90 Å². The SMILES string of the molecule is CC#CCOc1ccc(S(=O)(=O)NC(Cc2cn(CC3CCCCC3)c3ccc(Cl)cc23)C(=O)O)cc1. The van der Waals surface area contributed by atoms with Gasteiger partial charge in [-0.25, -0.2) is 8.42 Å². The van der Waals surface area contributed by atoms with Crippen molar-refractivity contribution in [3.05, 3.63) is 59.2 Å². The molecule has 1 aliphatic carbocycles. The van der Waals surface area contributed by atoms with Crippen LogP contribution in [-0.4, -0.2) is 36.7 Å². The fourth-order valence-corrected chi connectivity index (χ4v) is 6.23. The van der Waals surface area contributed by atoms with Gasteiger partial charge in [0.1, 0.15) is 18.4 Å². The van der Waals surface area contributed by atoms with Gasteiger partial charge in [0.2, 0.25) is 10.0 Å². The molecule has 2 N–H and O–H groups in total. The van der Waals surface area contributed by atoms with Crippen molar-refractivity contribution in [1.82, 2.24) is 9.29 Å². The van der Waals surface area contributed by atoms with Crippen molar-refractivity contribution >= 4 is 38.5 Å². The second-order valence-corrected chi connectivity index (χ2v) is 11.5. The lowest BCUT2D eigenvalue weighted by atomic mass is 9.89. The number of aliphatic carboxylic acids is 1. The Morgan fingerprint density at radius 3 is 2.59 bits per heavy atom. The van der Waals surface area contributed by atoms with Crippen molar-refractivity contribution in [3.63, 3.8) is 0 Å². The number of sulfonamides is 1. The summed E-state index contributed by atoms with van der Waals surface area (Å²) in [4.78, 5) is 12.1. The summed E-state index contributed by atoms with van der Waals surface area (Å²) in [6, 6.07) is 10.0. The number of nitrogens with zero attached hydrogens (tertiary/aromatic N) is 1. The Morgan fingerprint density at radius 1 is 1.19 bits per heavy atom. The van der Waals surface area contributed by atoms with E-state index in [-0.39, 0.29) is 17.9 Å². The number of fused-ring (bicyclic) bond motifs is 1. The maximum absolute atomic E-state index is 13.0. The van der Waals surface area contributed by atoms with E-state index in [0.717, 1.165) is 23.0 Å². The summed E-state index contributed by atoms with van der Waals surface area (Å²) in [6.07, 6.45) is 8.02. The smallest absolute Gasteiger partial charge is 0.322 e. The molecule has 1 fully saturated rings. The Bertz CT molecular complexity index is 1410. The molecule has 1 aromatic heterocycles. The number of aromatic nitrogens is 1. The maximum atomic E-state index is 13.0. The van der Waals surface area contributed by atoms with Gasteiger partial charge in [-0.3, -0.25) is 4.79 Å². The van der Waals surface area contributed by atoms with Crippen LogP contribution < -0.4 is 9.46 Å². The molecule has 9 heteroatoms. The molecule has 1 atom stereocenters. The Labute approximate surface area is 222 Å². The third-order valence-corrected chi connectivity index (χ3v) is 8.47. The quantitative estimate of drug-likeness (QED) is 0.341. The summed E-state index contributed by atoms with van der Waals surface area (Å²) in [5.74, 6) is 5.27. The molecule has 7 nitrogen and oxygen atoms in total. The molecule has 2 aromatic carbocycles. The number of hydrogen-bond donors (Lipinski definition) is 2. The fourth-order valence-electron chi connectivity index (χ4n) is 4.87. The second-order valence-electron chi connectivity index (χ2n) is 9.38. The van der Waals surface area contributed by atoms with Crippen molar-refractivity contribution < 1.29 is 23.1 Å². The van der Waals surface area contributed by atoms with Gasteiger partial charge in [0.25, 0.3) is 0 Å². The van der Waals surface area contributed by atoms with E-state index in [0.29, 0.717) is 16.7 Å². The number of halogens is 1. The van der Waals surface area contributed by atoms with Crippen molar-refractivity contribution in [1.29, 1.82) is 0 Å². The molecule has 0 radical (unpaired) electrons. The average Bonchev–Trinajstić information content (AvgIpc) is 3.20. The van der Waals surface area contributed by atoms with E-state index in [9.17, 15) is 18.3 Å². The van der Waals surface area contributed by atoms with E-state index in [2.05, 4.69) is 21.1 Å². The van der Waals surface area contributed by atoms with Gasteiger partial charge in [-0.05, 0) is 73.7 Å². The Hall–Kier alpha value is -2.99. The largest absolute Gasteiger partial charge is 0.481 e. The normalized spacial score (nSPS) is 15.2. The van der Waals surface area contributed by atoms with Crippen LogP contribution in [-0.2, 0) is 27.8 Å². The van der Waals surface area contributed by atoms with Gasteiger partial charge in [-0.1, -0.05) is 36.8 Å². The monoisotopic (exact) mass is 542 g/mol. The van der Waals surface area contributed by atoms with Crippen molar-refractivity contribution in [2.75, 3.05) is 6.61 Å². The van der Waals surface area contributed by atoms with E-state index in [4.69, 9.17) is 16.3 Å². The standard InChI is InChI=1S/C28H31ClN2O5S/c1-2-3-15-36-23-10-12-24(13-11-23)37(34,35)30-26(28(32)33)16-21-19-31(18-20-7-5-4-6-8-20)27-14-9-22(29)17-25(21)27/h9-14,17,19-20,26,30H,4-8,15-16,18H2,1H3,(H,32,33). The van der Waals surface area contributed by atoms with Crippen LogP contribution in [0, 0.1) is 17.8 Å². The molecule has 0 saturated heterocycles. The van der Waals surface area contributed by atoms with Crippen LogP contribution in [0.5, 0.6) is 5.75 Å². The number of rotatable bonds is 10.